The highest BCUT2D eigenvalue weighted by Gasteiger charge is 2.23. The molecule has 144 valence electrons. The van der Waals surface area contributed by atoms with Crippen LogP contribution < -0.4 is 0 Å². The first kappa shape index (κ1) is 25.2. The lowest BCUT2D eigenvalue weighted by molar-refractivity contribution is -0.115. The Morgan fingerprint density at radius 3 is 1.16 bits per heavy atom. The molecule has 0 unspecified atom stereocenters. The Labute approximate surface area is 175 Å². The minimum Gasteiger partial charge on any atom is -0.297 e. The summed E-state index contributed by atoms with van der Waals surface area (Å²) in [6, 6.07) is 0. The fourth-order valence-electron chi connectivity index (χ4n) is 2.39. The Morgan fingerprint density at radius 2 is 0.920 bits per heavy atom. The van der Waals surface area contributed by atoms with Crippen LogP contribution in [0.15, 0.2) is 23.3 Å². The first-order valence-electron chi connectivity index (χ1n) is 7.74. The molecule has 0 N–H and O–H groups in total. The van der Waals surface area contributed by atoms with Crippen molar-refractivity contribution >= 4 is 70.4 Å². The Morgan fingerprint density at radius 1 is 0.640 bits per heavy atom. The molecule has 0 bridgehead atoms. The minimum atomic E-state index is -0.143. The molecule has 0 aromatic carbocycles. The maximum atomic E-state index is 12.3. The fraction of sp³-hybridized carbons (Fsp3) is 0.625. The van der Waals surface area contributed by atoms with Crippen LogP contribution in [0, 0.1) is 0 Å². The number of allylic oxidation sites excluding steroid dienone is 2. The number of nitrogens with zero attached hydrogens (tertiary/aromatic N) is 2. The summed E-state index contributed by atoms with van der Waals surface area (Å²) in [6.07, 6.45) is 2.85. The zero-order chi connectivity index (χ0) is 17.9. The first-order valence-corrected chi connectivity index (χ1v) is 9.87. The van der Waals surface area contributed by atoms with E-state index in [1.54, 1.807) is 0 Å². The van der Waals surface area contributed by atoms with E-state index < -0.39 is 0 Å². The standard InChI is InChI=1S/C16H22Cl4N2O2.ClH/c17-1-5-21(6-2-18)11-13-9-16(24)14(10-15(13)23)12-22(7-3-19)8-4-20;/h9-10H,1-8,11-12H2;1H. The Balaban J connectivity index is 0.00000576. The summed E-state index contributed by atoms with van der Waals surface area (Å²) in [7, 11) is 0. The van der Waals surface area contributed by atoms with Crippen molar-refractivity contribution < 1.29 is 9.59 Å². The number of ketones is 2. The summed E-state index contributed by atoms with van der Waals surface area (Å²) in [5.74, 6) is 1.49. The highest BCUT2D eigenvalue weighted by atomic mass is 35.5. The molecule has 9 heteroatoms. The molecule has 0 spiro atoms. The predicted molar refractivity (Wildman–Crippen MR) is 109 cm³/mol. The van der Waals surface area contributed by atoms with Crippen LogP contribution in [-0.4, -0.2) is 84.2 Å². The molecular formula is C16H23Cl5N2O2. The van der Waals surface area contributed by atoms with Gasteiger partial charge in [0.2, 0.25) is 0 Å². The molecule has 25 heavy (non-hydrogen) atoms. The van der Waals surface area contributed by atoms with Crippen molar-refractivity contribution in [2.45, 2.75) is 0 Å². The lowest BCUT2D eigenvalue weighted by Gasteiger charge is -2.24. The van der Waals surface area contributed by atoms with E-state index in [2.05, 4.69) is 0 Å². The molecule has 0 aromatic heterocycles. The molecule has 0 amide bonds. The largest absolute Gasteiger partial charge is 0.297 e. The van der Waals surface area contributed by atoms with Crippen LogP contribution >= 0.6 is 58.8 Å². The van der Waals surface area contributed by atoms with Crippen LogP contribution in [-0.2, 0) is 9.59 Å². The first-order chi connectivity index (χ1) is 11.5. The molecule has 1 aliphatic carbocycles. The van der Waals surface area contributed by atoms with Gasteiger partial charge in [-0.25, -0.2) is 0 Å². The number of alkyl halides is 4. The van der Waals surface area contributed by atoms with E-state index >= 15 is 0 Å². The van der Waals surface area contributed by atoms with E-state index in [0.29, 0.717) is 73.9 Å². The zero-order valence-electron chi connectivity index (χ0n) is 13.9. The molecule has 0 aliphatic heterocycles. The molecule has 0 aromatic rings. The molecule has 0 fully saturated rings. The maximum absolute atomic E-state index is 12.3. The molecule has 1 rings (SSSR count). The third kappa shape index (κ3) is 9.09. The third-order valence-corrected chi connectivity index (χ3v) is 4.31. The molecule has 1 aliphatic rings. The summed E-state index contributed by atoms with van der Waals surface area (Å²) < 4.78 is 0. The van der Waals surface area contributed by atoms with Gasteiger partial charge in [0.05, 0.1) is 0 Å². The van der Waals surface area contributed by atoms with Gasteiger partial charge in [-0.3, -0.25) is 19.4 Å². The second kappa shape index (κ2) is 14.3. The molecular weight excluding hydrogens is 429 g/mol. The highest BCUT2D eigenvalue weighted by Crippen LogP contribution is 2.15. The van der Waals surface area contributed by atoms with E-state index in [0.717, 1.165) is 0 Å². The third-order valence-electron chi connectivity index (χ3n) is 3.63. The SMILES string of the molecule is Cl.O=C1C=C(CN(CCCl)CCCl)C(=O)C=C1CN(CCCl)CCCl. The number of rotatable bonds is 12. The lowest BCUT2D eigenvalue weighted by Crippen LogP contribution is -2.35. The number of hydrogen-bond acceptors (Lipinski definition) is 4. The van der Waals surface area contributed by atoms with E-state index in [1.807, 2.05) is 9.80 Å². The summed E-state index contributed by atoms with van der Waals surface area (Å²) >= 11 is 23.0. The number of carbonyl (C=O) groups excluding carboxylic acids is 2. The van der Waals surface area contributed by atoms with Crippen molar-refractivity contribution in [3.8, 4) is 0 Å². The number of halogens is 5. The summed E-state index contributed by atoms with van der Waals surface area (Å²) in [5.41, 5.74) is 0.945. The topological polar surface area (TPSA) is 40.6 Å². The Kier molecular flexibility index (Phi) is 14.4. The maximum Gasteiger partial charge on any atom is 0.183 e. The van der Waals surface area contributed by atoms with Crippen molar-refractivity contribution in [1.82, 2.24) is 9.80 Å². The average molecular weight is 453 g/mol. The Bertz CT molecular complexity index is 441. The highest BCUT2D eigenvalue weighted by molar-refractivity contribution is 6.21. The van der Waals surface area contributed by atoms with Crippen molar-refractivity contribution in [2.24, 2.45) is 0 Å². The minimum absolute atomic E-state index is 0. The van der Waals surface area contributed by atoms with Gasteiger partial charge in [0, 0.05) is 73.9 Å². The molecule has 0 atom stereocenters. The quantitative estimate of drug-likeness (QED) is 0.337. The summed E-state index contributed by atoms with van der Waals surface area (Å²) in [6.45, 7) is 3.21. The van der Waals surface area contributed by atoms with E-state index in [4.69, 9.17) is 46.4 Å². The molecule has 0 saturated heterocycles. The summed E-state index contributed by atoms with van der Waals surface area (Å²) in [4.78, 5) is 28.6. The second-order valence-corrected chi connectivity index (χ2v) is 6.89. The summed E-state index contributed by atoms with van der Waals surface area (Å²) in [5, 5.41) is 0. The van der Waals surface area contributed by atoms with Gasteiger partial charge >= 0.3 is 0 Å². The molecule has 4 nitrogen and oxygen atoms in total. The van der Waals surface area contributed by atoms with Gasteiger partial charge in [0.25, 0.3) is 0 Å². The molecule has 0 saturated carbocycles. The van der Waals surface area contributed by atoms with Crippen molar-refractivity contribution in [1.29, 1.82) is 0 Å². The van der Waals surface area contributed by atoms with Crippen LogP contribution in [0.5, 0.6) is 0 Å². The lowest BCUT2D eigenvalue weighted by atomic mass is 9.96. The van der Waals surface area contributed by atoms with Crippen LogP contribution in [0.1, 0.15) is 0 Å². The van der Waals surface area contributed by atoms with Crippen molar-refractivity contribution in [3.63, 3.8) is 0 Å². The van der Waals surface area contributed by atoms with Crippen LogP contribution in [0.25, 0.3) is 0 Å². The van der Waals surface area contributed by atoms with Crippen LogP contribution in [0.3, 0.4) is 0 Å². The zero-order valence-corrected chi connectivity index (χ0v) is 17.7. The Hall–Kier alpha value is 0.190. The monoisotopic (exact) mass is 450 g/mol. The number of carbonyl (C=O) groups is 2. The smallest absolute Gasteiger partial charge is 0.183 e. The van der Waals surface area contributed by atoms with E-state index in [-0.39, 0.29) is 24.0 Å². The van der Waals surface area contributed by atoms with Crippen molar-refractivity contribution in [3.05, 3.63) is 23.3 Å². The van der Waals surface area contributed by atoms with E-state index in [9.17, 15) is 9.59 Å². The van der Waals surface area contributed by atoms with Crippen LogP contribution in [0.4, 0.5) is 0 Å². The predicted octanol–water partition coefficient (Wildman–Crippen LogP) is 2.97. The molecule has 0 heterocycles. The van der Waals surface area contributed by atoms with Gasteiger partial charge in [0.1, 0.15) is 0 Å². The van der Waals surface area contributed by atoms with Crippen molar-refractivity contribution in [2.75, 3.05) is 62.8 Å². The van der Waals surface area contributed by atoms with Gasteiger partial charge in [0.15, 0.2) is 11.6 Å². The molecule has 0 radical (unpaired) electrons. The van der Waals surface area contributed by atoms with E-state index in [1.165, 1.54) is 12.2 Å². The van der Waals surface area contributed by atoms with Gasteiger partial charge in [-0.15, -0.1) is 58.8 Å². The van der Waals surface area contributed by atoms with Gasteiger partial charge in [-0.1, -0.05) is 0 Å². The van der Waals surface area contributed by atoms with Crippen LogP contribution in [0.2, 0.25) is 0 Å². The van der Waals surface area contributed by atoms with Gasteiger partial charge in [-0.05, 0) is 12.2 Å². The van der Waals surface area contributed by atoms with Gasteiger partial charge in [-0.2, -0.15) is 0 Å². The normalized spacial score (nSPS) is 14.6. The average Bonchev–Trinajstić information content (AvgIpc) is 2.53. The number of hydrogen-bond donors (Lipinski definition) is 0. The van der Waals surface area contributed by atoms with Gasteiger partial charge < -0.3 is 0 Å². The fourth-order valence-corrected chi connectivity index (χ4v) is 3.35. The second-order valence-electron chi connectivity index (χ2n) is 5.38.